The van der Waals surface area contributed by atoms with E-state index in [0.29, 0.717) is 12.5 Å². The van der Waals surface area contributed by atoms with Crippen LogP contribution in [0.4, 0.5) is 0 Å². The van der Waals surface area contributed by atoms with Crippen molar-refractivity contribution >= 4 is 0 Å². The molecule has 0 saturated heterocycles. The zero-order chi connectivity index (χ0) is 12.3. The van der Waals surface area contributed by atoms with Gasteiger partial charge in [-0.25, -0.2) is 14.6 Å². The third-order valence-corrected chi connectivity index (χ3v) is 2.48. The molecule has 2 heterocycles. The van der Waals surface area contributed by atoms with E-state index in [1.165, 1.54) is 5.56 Å². The fourth-order valence-corrected chi connectivity index (χ4v) is 1.71. The Morgan fingerprint density at radius 1 is 1.24 bits per heavy atom. The van der Waals surface area contributed by atoms with Crippen LogP contribution in [0.25, 0.3) is 5.95 Å². The second kappa shape index (κ2) is 5.05. The molecule has 0 saturated carbocycles. The van der Waals surface area contributed by atoms with Crippen molar-refractivity contribution in [2.75, 3.05) is 6.54 Å². The first-order chi connectivity index (χ1) is 8.19. The second-order valence-corrected chi connectivity index (χ2v) is 4.14. The van der Waals surface area contributed by atoms with E-state index in [0.717, 1.165) is 24.2 Å². The summed E-state index contributed by atoms with van der Waals surface area (Å²) < 4.78 is 1.71. The Morgan fingerprint density at radius 2 is 1.94 bits per heavy atom. The summed E-state index contributed by atoms with van der Waals surface area (Å²) in [4.78, 5) is 8.73. The van der Waals surface area contributed by atoms with E-state index in [4.69, 9.17) is 5.73 Å². The number of aryl methyl sites for hydroxylation is 3. The third kappa shape index (κ3) is 2.88. The highest BCUT2D eigenvalue weighted by Gasteiger charge is 2.04. The smallest absolute Gasteiger partial charge is 0.250 e. The zero-order valence-corrected chi connectivity index (χ0v) is 10.2. The summed E-state index contributed by atoms with van der Waals surface area (Å²) in [6.45, 7) is 4.61. The first-order valence-electron chi connectivity index (χ1n) is 5.75. The molecular weight excluding hydrogens is 214 g/mol. The molecule has 2 rings (SSSR count). The van der Waals surface area contributed by atoms with Gasteiger partial charge in [-0.15, -0.1) is 0 Å². The van der Waals surface area contributed by atoms with Gasteiger partial charge in [0.05, 0.1) is 6.20 Å². The molecule has 2 aromatic rings. The topological polar surface area (TPSA) is 69.6 Å². The first-order valence-corrected chi connectivity index (χ1v) is 5.75. The SMILES string of the molecule is Cc1cc(C)nc(-n2cc(CCCN)cn2)n1. The lowest BCUT2D eigenvalue weighted by Crippen LogP contribution is -2.04. The molecule has 0 unspecified atom stereocenters. The monoisotopic (exact) mass is 231 g/mol. The molecule has 90 valence electrons. The number of nitrogens with two attached hydrogens (primary N) is 1. The predicted molar refractivity (Wildman–Crippen MR) is 66.0 cm³/mol. The molecule has 0 aliphatic carbocycles. The fourth-order valence-electron chi connectivity index (χ4n) is 1.71. The normalized spacial score (nSPS) is 10.8. The highest BCUT2D eigenvalue weighted by molar-refractivity contribution is 5.19. The van der Waals surface area contributed by atoms with Crippen LogP contribution in [0.3, 0.4) is 0 Å². The summed E-state index contributed by atoms with van der Waals surface area (Å²) >= 11 is 0. The van der Waals surface area contributed by atoms with Gasteiger partial charge in [0.15, 0.2) is 0 Å². The number of aromatic nitrogens is 4. The van der Waals surface area contributed by atoms with Crippen molar-refractivity contribution < 1.29 is 0 Å². The van der Waals surface area contributed by atoms with E-state index >= 15 is 0 Å². The molecule has 5 nitrogen and oxygen atoms in total. The molecule has 0 aliphatic rings. The largest absolute Gasteiger partial charge is 0.330 e. The fraction of sp³-hybridized carbons (Fsp3) is 0.417. The minimum Gasteiger partial charge on any atom is -0.330 e. The van der Waals surface area contributed by atoms with Crippen molar-refractivity contribution in [3.8, 4) is 5.95 Å². The lowest BCUT2D eigenvalue weighted by atomic mass is 10.2. The zero-order valence-electron chi connectivity index (χ0n) is 10.2. The minimum atomic E-state index is 0.626. The van der Waals surface area contributed by atoms with Gasteiger partial charge in [0, 0.05) is 17.6 Å². The van der Waals surface area contributed by atoms with E-state index in [1.54, 1.807) is 4.68 Å². The van der Waals surface area contributed by atoms with Crippen molar-refractivity contribution in [3.63, 3.8) is 0 Å². The van der Waals surface area contributed by atoms with Gasteiger partial charge in [-0.1, -0.05) is 0 Å². The number of hydrogen-bond acceptors (Lipinski definition) is 4. The van der Waals surface area contributed by atoms with Crippen LogP contribution in [-0.4, -0.2) is 26.3 Å². The van der Waals surface area contributed by atoms with Crippen molar-refractivity contribution in [1.82, 2.24) is 19.7 Å². The molecule has 0 fully saturated rings. The molecule has 5 heteroatoms. The Bertz CT molecular complexity index is 483. The molecule has 2 N–H and O–H groups in total. The molecule has 0 radical (unpaired) electrons. The maximum absolute atomic E-state index is 5.48. The Kier molecular flexibility index (Phi) is 3.49. The molecule has 0 aliphatic heterocycles. The van der Waals surface area contributed by atoms with Gasteiger partial charge in [-0.05, 0) is 44.9 Å². The molecule has 0 spiro atoms. The van der Waals surface area contributed by atoms with Crippen LogP contribution in [0.15, 0.2) is 18.5 Å². The highest BCUT2D eigenvalue weighted by Crippen LogP contribution is 2.07. The predicted octanol–water partition coefficient (Wildman–Crippen LogP) is 1.17. The summed E-state index contributed by atoms with van der Waals surface area (Å²) in [5, 5.41) is 4.27. The molecule has 0 bridgehead atoms. The summed E-state index contributed by atoms with van der Waals surface area (Å²) in [6.07, 6.45) is 5.72. The number of hydrogen-bond donors (Lipinski definition) is 1. The van der Waals surface area contributed by atoms with E-state index in [9.17, 15) is 0 Å². The molecule has 0 atom stereocenters. The minimum absolute atomic E-state index is 0.626. The van der Waals surface area contributed by atoms with Crippen LogP contribution >= 0.6 is 0 Å². The van der Waals surface area contributed by atoms with Crippen LogP contribution in [-0.2, 0) is 6.42 Å². The Balaban J connectivity index is 2.24. The van der Waals surface area contributed by atoms with Gasteiger partial charge in [-0.2, -0.15) is 5.10 Å². The van der Waals surface area contributed by atoms with Crippen LogP contribution < -0.4 is 5.73 Å². The average molecular weight is 231 g/mol. The van der Waals surface area contributed by atoms with E-state index < -0.39 is 0 Å². The number of nitrogens with zero attached hydrogens (tertiary/aromatic N) is 4. The van der Waals surface area contributed by atoms with Crippen LogP contribution in [0.1, 0.15) is 23.4 Å². The van der Waals surface area contributed by atoms with Crippen molar-refractivity contribution in [2.45, 2.75) is 26.7 Å². The van der Waals surface area contributed by atoms with Crippen LogP contribution in [0.2, 0.25) is 0 Å². The molecule has 0 amide bonds. The van der Waals surface area contributed by atoms with Crippen molar-refractivity contribution in [2.24, 2.45) is 5.73 Å². The van der Waals surface area contributed by atoms with Gasteiger partial charge >= 0.3 is 0 Å². The maximum atomic E-state index is 5.48. The second-order valence-electron chi connectivity index (χ2n) is 4.14. The first kappa shape index (κ1) is 11.7. The van der Waals surface area contributed by atoms with Gasteiger partial charge in [0.2, 0.25) is 0 Å². The lowest BCUT2D eigenvalue weighted by Gasteiger charge is -2.02. The number of rotatable bonds is 4. The van der Waals surface area contributed by atoms with Gasteiger partial charge in [0.25, 0.3) is 5.95 Å². The maximum Gasteiger partial charge on any atom is 0.250 e. The Morgan fingerprint density at radius 3 is 2.59 bits per heavy atom. The van der Waals surface area contributed by atoms with E-state index in [-0.39, 0.29) is 0 Å². The molecule has 2 aromatic heterocycles. The van der Waals surface area contributed by atoms with Gasteiger partial charge in [0.1, 0.15) is 0 Å². The lowest BCUT2D eigenvalue weighted by molar-refractivity contribution is 0.791. The summed E-state index contributed by atoms with van der Waals surface area (Å²) in [7, 11) is 0. The summed E-state index contributed by atoms with van der Waals surface area (Å²) in [5.74, 6) is 0.626. The molecule has 17 heavy (non-hydrogen) atoms. The van der Waals surface area contributed by atoms with Gasteiger partial charge in [-0.3, -0.25) is 0 Å². The average Bonchev–Trinajstić information content (AvgIpc) is 2.73. The highest BCUT2D eigenvalue weighted by atomic mass is 15.3. The standard InChI is InChI=1S/C12H17N5/c1-9-6-10(2)16-12(15-9)17-8-11(7-14-17)4-3-5-13/h6-8H,3-5,13H2,1-2H3. The summed E-state index contributed by atoms with van der Waals surface area (Å²) in [6, 6.07) is 1.95. The van der Waals surface area contributed by atoms with Crippen LogP contribution in [0, 0.1) is 13.8 Å². The molecule has 0 aromatic carbocycles. The van der Waals surface area contributed by atoms with E-state index in [1.807, 2.05) is 32.3 Å². The third-order valence-electron chi connectivity index (χ3n) is 2.48. The van der Waals surface area contributed by atoms with Crippen molar-refractivity contribution in [3.05, 3.63) is 35.4 Å². The summed E-state index contributed by atoms with van der Waals surface area (Å²) in [5.41, 5.74) is 8.55. The Hall–Kier alpha value is -1.75. The Labute approximate surface area is 101 Å². The van der Waals surface area contributed by atoms with Gasteiger partial charge < -0.3 is 5.73 Å². The van der Waals surface area contributed by atoms with Crippen LogP contribution in [0.5, 0.6) is 0 Å². The van der Waals surface area contributed by atoms with Crippen molar-refractivity contribution in [1.29, 1.82) is 0 Å². The quantitative estimate of drug-likeness (QED) is 0.857. The molecular formula is C12H17N5. The van der Waals surface area contributed by atoms with E-state index in [2.05, 4.69) is 15.1 Å².